The number of hydrogen-bond donors (Lipinski definition) is 1. The number of ketones is 1. The Kier molecular flexibility index (Phi) is 9.64. The van der Waals surface area contributed by atoms with Gasteiger partial charge in [0.15, 0.2) is 0 Å². The Morgan fingerprint density at radius 2 is 1.81 bits per heavy atom. The van der Waals surface area contributed by atoms with Crippen LogP contribution in [-0.2, 0) is 14.3 Å². The van der Waals surface area contributed by atoms with Gasteiger partial charge in [-0.2, -0.15) is 0 Å². The lowest BCUT2D eigenvalue weighted by atomic mass is 9.83. The monoisotopic (exact) mass is 596 g/mol. The molecule has 0 spiro atoms. The molecule has 0 unspecified atom stereocenters. The van der Waals surface area contributed by atoms with Gasteiger partial charge < -0.3 is 19.7 Å². The first-order valence-corrected chi connectivity index (χ1v) is 16.2. The number of carbonyl (C=O) groups excluding carboxylic acids is 3. The number of alkyl carbamates (subject to hydrolysis) is 1. The van der Waals surface area contributed by atoms with Crippen molar-refractivity contribution < 1.29 is 23.9 Å². The van der Waals surface area contributed by atoms with Gasteiger partial charge in [-0.1, -0.05) is 49.6 Å². The Bertz CT molecular complexity index is 1240. The van der Waals surface area contributed by atoms with E-state index in [2.05, 4.69) is 10.2 Å². The van der Waals surface area contributed by atoms with Crippen LogP contribution in [0.2, 0.25) is 0 Å². The van der Waals surface area contributed by atoms with Crippen molar-refractivity contribution in [1.82, 2.24) is 20.1 Å². The molecule has 1 N–H and O–H groups in total. The third kappa shape index (κ3) is 7.21. The average molecular weight is 597 g/mol. The number of benzene rings is 1. The molecular weight excluding hydrogens is 552 g/mol. The van der Waals surface area contributed by atoms with Gasteiger partial charge in [-0.15, -0.1) is 11.3 Å². The molecule has 2 aliphatic heterocycles. The second-order valence-corrected chi connectivity index (χ2v) is 13.6. The molecule has 1 saturated carbocycles. The largest absolute Gasteiger partial charge is 0.444 e. The Morgan fingerprint density at radius 1 is 1.07 bits per heavy atom. The molecule has 2 amide bonds. The van der Waals surface area contributed by atoms with E-state index in [-0.39, 0.29) is 35.8 Å². The first-order chi connectivity index (χ1) is 20.1. The summed E-state index contributed by atoms with van der Waals surface area (Å²) in [5, 5.41) is 5.52. The molecule has 1 aromatic heterocycles. The summed E-state index contributed by atoms with van der Waals surface area (Å²) in [6, 6.07) is 8.30. The zero-order valence-corrected chi connectivity index (χ0v) is 26.0. The van der Waals surface area contributed by atoms with Crippen LogP contribution in [0.1, 0.15) is 93.3 Å². The number of thiazole rings is 1. The molecule has 1 aliphatic carbocycles. The summed E-state index contributed by atoms with van der Waals surface area (Å²) in [5.74, 6) is -0.180. The predicted molar refractivity (Wildman–Crippen MR) is 162 cm³/mol. The van der Waals surface area contributed by atoms with Crippen molar-refractivity contribution in [2.24, 2.45) is 5.92 Å². The topological polar surface area (TPSA) is 101 Å². The quantitative estimate of drug-likeness (QED) is 0.418. The molecule has 1 aromatic carbocycles. The van der Waals surface area contributed by atoms with Crippen molar-refractivity contribution in [2.45, 2.75) is 96.1 Å². The van der Waals surface area contributed by atoms with Gasteiger partial charge in [0.25, 0.3) is 0 Å². The lowest BCUT2D eigenvalue weighted by molar-refractivity contribution is -0.141. The van der Waals surface area contributed by atoms with Gasteiger partial charge in [0.2, 0.25) is 11.7 Å². The van der Waals surface area contributed by atoms with E-state index in [1.807, 2.05) is 50.8 Å². The van der Waals surface area contributed by atoms with Gasteiger partial charge in [0.1, 0.15) is 22.3 Å². The maximum atomic E-state index is 14.6. The van der Waals surface area contributed by atoms with E-state index in [0.717, 1.165) is 50.1 Å². The van der Waals surface area contributed by atoms with Crippen LogP contribution in [-0.4, -0.2) is 82.6 Å². The fourth-order valence-corrected chi connectivity index (χ4v) is 7.48. The Morgan fingerprint density at radius 3 is 2.50 bits per heavy atom. The summed E-state index contributed by atoms with van der Waals surface area (Å²) in [5.41, 5.74) is 0.308. The maximum absolute atomic E-state index is 14.6. The molecular formula is C32H44N4O5S. The molecule has 3 fully saturated rings. The van der Waals surface area contributed by atoms with E-state index in [0.29, 0.717) is 31.0 Å². The van der Waals surface area contributed by atoms with Crippen LogP contribution in [0.25, 0.3) is 0 Å². The predicted octanol–water partition coefficient (Wildman–Crippen LogP) is 5.21. The minimum Gasteiger partial charge on any atom is -0.444 e. The highest BCUT2D eigenvalue weighted by atomic mass is 32.1. The number of fused-ring (bicyclic) bond motifs is 1. The first-order valence-electron chi connectivity index (χ1n) is 15.3. The van der Waals surface area contributed by atoms with Gasteiger partial charge in [0, 0.05) is 43.2 Å². The minimum absolute atomic E-state index is 0.0451. The first kappa shape index (κ1) is 30.6. The molecule has 0 radical (unpaired) electrons. The van der Waals surface area contributed by atoms with Gasteiger partial charge in [0.05, 0.1) is 12.1 Å². The number of amides is 2. The van der Waals surface area contributed by atoms with Crippen LogP contribution >= 0.6 is 11.3 Å². The molecule has 10 heteroatoms. The van der Waals surface area contributed by atoms with Gasteiger partial charge >= 0.3 is 6.09 Å². The van der Waals surface area contributed by atoms with Gasteiger partial charge in [-0.25, -0.2) is 9.78 Å². The van der Waals surface area contributed by atoms with Crippen LogP contribution in [0.4, 0.5) is 4.79 Å². The normalized spacial score (nSPS) is 24.2. The number of nitrogens with one attached hydrogen (secondary N) is 1. The van der Waals surface area contributed by atoms with Crippen molar-refractivity contribution >= 4 is 29.1 Å². The van der Waals surface area contributed by atoms with Gasteiger partial charge in [-0.3, -0.25) is 14.5 Å². The number of aromatic nitrogens is 1. The molecule has 228 valence electrons. The number of carbonyl (C=O) groups is 3. The zero-order valence-electron chi connectivity index (χ0n) is 25.2. The summed E-state index contributed by atoms with van der Waals surface area (Å²) in [6.07, 6.45) is 5.41. The van der Waals surface area contributed by atoms with Crippen molar-refractivity contribution in [3.8, 4) is 0 Å². The Hall–Kier alpha value is -2.82. The molecule has 0 bridgehead atoms. The lowest BCUT2D eigenvalue weighted by Gasteiger charge is -2.45. The highest BCUT2D eigenvalue weighted by Gasteiger charge is 2.46. The zero-order chi connectivity index (χ0) is 29.9. The fourth-order valence-electron chi connectivity index (χ4n) is 6.58. The highest BCUT2D eigenvalue weighted by molar-refractivity contribution is 7.10. The van der Waals surface area contributed by atoms with E-state index >= 15 is 0 Å². The molecule has 3 aliphatic rings. The molecule has 2 saturated heterocycles. The summed E-state index contributed by atoms with van der Waals surface area (Å²) in [6.45, 7) is 10.1. The molecule has 3 heterocycles. The van der Waals surface area contributed by atoms with Crippen molar-refractivity contribution in [1.29, 1.82) is 0 Å². The molecule has 2 aromatic rings. The van der Waals surface area contributed by atoms with E-state index in [9.17, 15) is 14.4 Å². The third-order valence-corrected chi connectivity index (χ3v) is 9.45. The number of nitrogens with zero attached hydrogens (tertiary/aromatic N) is 3. The van der Waals surface area contributed by atoms with Crippen LogP contribution in [0, 0.1) is 5.92 Å². The summed E-state index contributed by atoms with van der Waals surface area (Å²) < 4.78 is 11.6. The number of hydrogen-bond acceptors (Lipinski definition) is 8. The van der Waals surface area contributed by atoms with Crippen LogP contribution < -0.4 is 5.32 Å². The smallest absolute Gasteiger partial charge is 0.408 e. The van der Waals surface area contributed by atoms with E-state index in [4.69, 9.17) is 14.5 Å². The second-order valence-electron chi connectivity index (χ2n) is 12.7. The molecule has 5 rings (SSSR count). The standard InChI is InChI=1S/C32H44N4O5S/c1-5-40-24-16-23-17-36(30(38)27(21-12-8-6-9-13-21)34-31(39)41-32(2,3)4)26(19-35(23)18-24)29-33-25(20-42-29)28(37)22-14-10-7-11-15-22/h7,10-11,14-15,20-21,23-24,26-27H,5-6,8-9,12-13,16-19H2,1-4H3,(H,34,39)/t23-,24-,26+,27+/m1/s1. The summed E-state index contributed by atoms with van der Waals surface area (Å²) >= 11 is 1.42. The van der Waals surface area contributed by atoms with E-state index in [1.54, 1.807) is 17.5 Å². The van der Waals surface area contributed by atoms with Crippen molar-refractivity contribution in [3.05, 3.63) is 52.0 Å². The van der Waals surface area contributed by atoms with Crippen molar-refractivity contribution in [2.75, 3.05) is 26.2 Å². The highest BCUT2D eigenvalue weighted by Crippen LogP contribution is 2.37. The molecule has 42 heavy (non-hydrogen) atoms. The maximum Gasteiger partial charge on any atom is 0.408 e. The number of ether oxygens (including phenoxy) is 2. The fraction of sp³-hybridized carbons (Fsp3) is 0.625. The third-order valence-electron chi connectivity index (χ3n) is 8.50. The summed E-state index contributed by atoms with van der Waals surface area (Å²) in [7, 11) is 0. The van der Waals surface area contributed by atoms with Crippen LogP contribution in [0.3, 0.4) is 0 Å². The lowest BCUT2D eigenvalue weighted by Crippen LogP contribution is -2.60. The van der Waals surface area contributed by atoms with Crippen LogP contribution in [0.5, 0.6) is 0 Å². The molecule has 9 nitrogen and oxygen atoms in total. The minimum atomic E-state index is -0.677. The number of rotatable bonds is 8. The van der Waals surface area contributed by atoms with E-state index in [1.165, 1.54) is 11.3 Å². The Labute approximate surface area is 253 Å². The van der Waals surface area contributed by atoms with Gasteiger partial charge in [-0.05, 0) is 52.9 Å². The Balaban J connectivity index is 1.44. The van der Waals surface area contributed by atoms with Crippen molar-refractivity contribution in [3.63, 3.8) is 0 Å². The number of piperazine rings is 1. The van der Waals surface area contributed by atoms with Crippen LogP contribution in [0.15, 0.2) is 35.7 Å². The summed E-state index contributed by atoms with van der Waals surface area (Å²) in [4.78, 5) is 49.8. The second kappa shape index (κ2) is 13.2. The molecule has 4 atom stereocenters. The average Bonchev–Trinajstić information content (AvgIpc) is 3.61. The SMILES string of the molecule is CCO[C@@H]1C[C@@H]2CN(C(=O)[C@@H](NC(=O)OC(C)(C)C)C3CCCCC3)[C@H](c3nc(C(=O)c4ccccc4)cs3)CN2C1. The van der Waals surface area contributed by atoms with E-state index < -0.39 is 17.7 Å².